The Balaban J connectivity index is 2.50. The van der Waals surface area contributed by atoms with Crippen molar-refractivity contribution >= 4 is 13.9 Å². The fraction of sp³-hybridized carbons (Fsp3) is 0.429. The van der Waals surface area contributed by atoms with Gasteiger partial charge < -0.3 is 19.5 Å². The zero-order chi connectivity index (χ0) is 19.3. The predicted octanol–water partition coefficient (Wildman–Crippen LogP) is 4.10. The van der Waals surface area contributed by atoms with Crippen molar-refractivity contribution in [3.8, 4) is 17.2 Å². The fourth-order valence-corrected chi connectivity index (χ4v) is 4.64. The average Bonchev–Trinajstić information content (AvgIpc) is 2.63. The molecule has 2 rings (SSSR count). The van der Waals surface area contributed by atoms with E-state index in [0.29, 0.717) is 20.1 Å². The van der Waals surface area contributed by atoms with Crippen LogP contribution in [0.3, 0.4) is 0 Å². The molecule has 0 fully saturated rings. The smallest absolute Gasteiger partial charge is 0.164 e. The molecule has 4 nitrogen and oxygen atoms in total. The van der Waals surface area contributed by atoms with Crippen LogP contribution >= 0.6 is 8.58 Å². The van der Waals surface area contributed by atoms with Crippen LogP contribution in [0.4, 0.5) is 0 Å². The second kappa shape index (κ2) is 8.75. The Bertz CT molecular complexity index is 748. The van der Waals surface area contributed by atoms with Crippen LogP contribution in [0.15, 0.2) is 36.4 Å². The van der Waals surface area contributed by atoms with E-state index < -0.39 is 0 Å². The van der Waals surface area contributed by atoms with Gasteiger partial charge in [0, 0.05) is 23.3 Å². The standard InChI is InChI=1S/C21H30NO3P/c1-7-21(2,17-12-16(24-5)13-18(25-6)20(17)23)26-19-11-9-8-10-15(19)14-22(3)4/h8-13,23,26H,7,14H2,1-6H3. The van der Waals surface area contributed by atoms with Crippen molar-refractivity contribution in [3.63, 3.8) is 0 Å². The van der Waals surface area contributed by atoms with Gasteiger partial charge in [-0.05, 0) is 37.5 Å². The highest BCUT2D eigenvalue weighted by molar-refractivity contribution is 7.48. The summed E-state index contributed by atoms with van der Waals surface area (Å²) in [7, 11) is 7.88. The fourth-order valence-electron chi connectivity index (χ4n) is 3.04. The zero-order valence-corrected chi connectivity index (χ0v) is 17.6. The molecule has 0 bridgehead atoms. The predicted molar refractivity (Wildman–Crippen MR) is 111 cm³/mol. The van der Waals surface area contributed by atoms with Crippen LogP contribution in [-0.2, 0) is 11.7 Å². The van der Waals surface area contributed by atoms with Gasteiger partial charge in [-0.15, -0.1) is 0 Å². The third-order valence-electron chi connectivity index (χ3n) is 4.72. The quantitative estimate of drug-likeness (QED) is 0.706. The van der Waals surface area contributed by atoms with Crippen molar-refractivity contribution < 1.29 is 14.6 Å². The summed E-state index contributed by atoms with van der Waals surface area (Å²) in [6, 6.07) is 12.2. The number of rotatable bonds is 8. The molecular formula is C21H30NO3P. The maximum atomic E-state index is 10.8. The molecule has 0 saturated heterocycles. The molecule has 0 aromatic heterocycles. The van der Waals surface area contributed by atoms with Crippen LogP contribution in [-0.4, -0.2) is 38.3 Å². The van der Waals surface area contributed by atoms with Crippen LogP contribution < -0.4 is 14.8 Å². The molecule has 0 aliphatic rings. The molecule has 0 spiro atoms. The Labute approximate surface area is 158 Å². The molecule has 0 saturated carbocycles. The van der Waals surface area contributed by atoms with Crippen molar-refractivity contribution in [2.24, 2.45) is 0 Å². The molecule has 2 aromatic rings. The van der Waals surface area contributed by atoms with Crippen LogP contribution in [0.2, 0.25) is 0 Å². The summed E-state index contributed by atoms with van der Waals surface area (Å²) in [4.78, 5) is 2.18. The van der Waals surface area contributed by atoms with Gasteiger partial charge in [-0.1, -0.05) is 46.7 Å². The number of ether oxygens (including phenoxy) is 2. The summed E-state index contributed by atoms with van der Waals surface area (Å²) in [5.74, 6) is 1.35. The van der Waals surface area contributed by atoms with Gasteiger partial charge >= 0.3 is 0 Å². The first kappa shape index (κ1) is 20.5. The second-order valence-electron chi connectivity index (χ2n) is 6.93. The largest absolute Gasteiger partial charge is 0.504 e. The van der Waals surface area contributed by atoms with E-state index in [1.54, 1.807) is 20.3 Å². The molecule has 0 aliphatic heterocycles. The summed E-state index contributed by atoms with van der Waals surface area (Å²) in [6.45, 7) is 5.26. The van der Waals surface area contributed by atoms with Gasteiger partial charge in [-0.3, -0.25) is 0 Å². The zero-order valence-electron chi connectivity index (χ0n) is 16.6. The second-order valence-corrected chi connectivity index (χ2v) is 8.82. The van der Waals surface area contributed by atoms with Crippen LogP contribution in [0.25, 0.3) is 0 Å². The lowest BCUT2D eigenvalue weighted by Gasteiger charge is -2.31. The van der Waals surface area contributed by atoms with E-state index in [1.807, 2.05) is 6.07 Å². The maximum absolute atomic E-state index is 10.8. The van der Waals surface area contributed by atoms with Gasteiger partial charge in [0.15, 0.2) is 11.5 Å². The third kappa shape index (κ3) is 4.49. The first-order valence-electron chi connectivity index (χ1n) is 8.81. The van der Waals surface area contributed by atoms with Gasteiger partial charge in [0.05, 0.1) is 14.2 Å². The molecule has 0 aliphatic carbocycles. The molecule has 26 heavy (non-hydrogen) atoms. The summed E-state index contributed by atoms with van der Waals surface area (Å²) in [6.07, 6.45) is 0.894. The Kier molecular flexibility index (Phi) is 6.91. The number of phenolic OH excluding ortho intramolecular Hbond substituents is 1. The van der Waals surface area contributed by atoms with E-state index >= 15 is 0 Å². The maximum Gasteiger partial charge on any atom is 0.164 e. The number of hydrogen-bond donors (Lipinski definition) is 1. The first-order chi connectivity index (χ1) is 12.3. The van der Waals surface area contributed by atoms with Crippen molar-refractivity contribution in [2.45, 2.75) is 32.0 Å². The van der Waals surface area contributed by atoms with E-state index in [2.05, 4.69) is 57.1 Å². The molecule has 2 aromatic carbocycles. The highest BCUT2D eigenvalue weighted by Gasteiger charge is 2.31. The minimum atomic E-state index is -0.214. The summed E-state index contributed by atoms with van der Waals surface area (Å²) < 4.78 is 10.8. The van der Waals surface area contributed by atoms with E-state index in [0.717, 1.165) is 18.5 Å². The van der Waals surface area contributed by atoms with E-state index in [4.69, 9.17) is 9.47 Å². The van der Waals surface area contributed by atoms with Gasteiger partial charge in [-0.2, -0.15) is 0 Å². The molecule has 1 N–H and O–H groups in total. The summed E-state index contributed by atoms with van der Waals surface area (Å²) >= 11 is 0. The molecule has 2 atom stereocenters. The van der Waals surface area contributed by atoms with E-state index in [1.165, 1.54) is 10.9 Å². The van der Waals surface area contributed by atoms with Crippen LogP contribution in [0, 0.1) is 0 Å². The van der Waals surface area contributed by atoms with Gasteiger partial charge in [0.25, 0.3) is 0 Å². The van der Waals surface area contributed by atoms with E-state index in [9.17, 15) is 5.11 Å². The number of methoxy groups -OCH3 is 2. The van der Waals surface area contributed by atoms with Crippen LogP contribution in [0.1, 0.15) is 31.4 Å². The molecule has 0 radical (unpaired) electrons. The molecule has 142 valence electrons. The highest BCUT2D eigenvalue weighted by atomic mass is 31.1. The van der Waals surface area contributed by atoms with Crippen molar-refractivity contribution in [1.29, 1.82) is 0 Å². The van der Waals surface area contributed by atoms with Gasteiger partial charge in [0.2, 0.25) is 0 Å². The number of nitrogens with zero attached hydrogens (tertiary/aromatic N) is 1. The average molecular weight is 375 g/mol. The number of hydrogen-bond acceptors (Lipinski definition) is 4. The number of benzene rings is 2. The lowest BCUT2D eigenvalue weighted by atomic mass is 9.95. The lowest BCUT2D eigenvalue weighted by Crippen LogP contribution is -2.22. The summed E-state index contributed by atoms with van der Waals surface area (Å²) in [5.41, 5.74) is 2.19. The third-order valence-corrected chi connectivity index (χ3v) is 6.65. The topological polar surface area (TPSA) is 41.9 Å². The SMILES string of the molecule is CCC(C)(Pc1ccccc1CN(C)C)c1cc(OC)cc(OC)c1O. The molecule has 0 amide bonds. The highest BCUT2D eigenvalue weighted by Crippen LogP contribution is 2.51. The summed E-state index contributed by atoms with van der Waals surface area (Å²) in [5, 5.41) is 11.9. The minimum absolute atomic E-state index is 0.204. The lowest BCUT2D eigenvalue weighted by molar-refractivity contribution is 0.357. The number of phenols is 1. The molecule has 0 heterocycles. The Morgan fingerprint density at radius 3 is 2.38 bits per heavy atom. The molecule has 5 heteroatoms. The van der Waals surface area contributed by atoms with Crippen molar-refractivity contribution in [1.82, 2.24) is 4.90 Å². The minimum Gasteiger partial charge on any atom is -0.504 e. The van der Waals surface area contributed by atoms with Gasteiger partial charge in [0.1, 0.15) is 5.75 Å². The molecule has 2 unspecified atom stereocenters. The molecular weight excluding hydrogens is 345 g/mol. The monoisotopic (exact) mass is 375 g/mol. The Morgan fingerprint density at radius 1 is 1.12 bits per heavy atom. The number of aromatic hydroxyl groups is 1. The van der Waals surface area contributed by atoms with Crippen molar-refractivity contribution in [3.05, 3.63) is 47.5 Å². The van der Waals surface area contributed by atoms with Crippen LogP contribution in [0.5, 0.6) is 17.2 Å². The Hall–Kier alpha value is -1.77. The Morgan fingerprint density at radius 2 is 1.81 bits per heavy atom. The normalized spacial score (nSPS) is 14.0. The van der Waals surface area contributed by atoms with E-state index in [-0.39, 0.29) is 10.9 Å². The first-order valence-corrected chi connectivity index (χ1v) is 9.81. The van der Waals surface area contributed by atoms with Gasteiger partial charge in [-0.25, -0.2) is 0 Å². The van der Waals surface area contributed by atoms with Crippen molar-refractivity contribution in [2.75, 3.05) is 28.3 Å².